The molecular weight excluding hydrogens is 293 g/mol. The fourth-order valence-corrected chi connectivity index (χ4v) is 2.29. The Balaban J connectivity index is 2.36. The van der Waals surface area contributed by atoms with E-state index in [-0.39, 0.29) is 6.10 Å². The summed E-state index contributed by atoms with van der Waals surface area (Å²) in [5.41, 5.74) is 1.05. The van der Waals surface area contributed by atoms with E-state index in [1.165, 1.54) is 3.58 Å². The summed E-state index contributed by atoms with van der Waals surface area (Å²) in [6.07, 6.45) is 4.28. The van der Waals surface area contributed by atoms with Crippen molar-refractivity contribution in [2.24, 2.45) is 0 Å². The largest absolute Gasteiger partial charge is 0.472 e. The number of halogens is 1. The van der Waals surface area contributed by atoms with Crippen molar-refractivity contribution < 1.29 is 9.26 Å². The molecule has 0 saturated carbocycles. The van der Waals surface area contributed by atoms with Crippen molar-refractivity contribution in [2.45, 2.75) is 32.8 Å². The molecule has 0 amide bonds. The number of ether oxygens (including phenoxy) is 1. The highest BCUT2D eigenvalue weighted by atomic mass is 127. The molecule has 14 heavy (non-hydrogen) atoms. The van der Waals surface area contributed by atoms with Gasteiger partial charge >= 0.3 is 0 Å². The van der Waals surface area contributed by atoms with Gasteiger partial charge in [-0.1, -0.05) is 6.08 Å². The van der Waals surface area contributed by atoms with E-state index in [0.717, 1.165) is 24.2 Å². The molecule has 3 nitrogen and oxygen atoms in total. The molecule has 0 bridgehead atoms. The Morgan fingerprint density at radius 1 is 1.57 bits per heavy atom. The van der Waals surface area contributed by atoms with E-state index in [1.54, 1.807) is 0 Å². The Morgan fingerprint density at radius 2 is 2.36 bits per heavy atom. The predicted molar refractivity (Wildman–Crippen MR) is 62.6 cm³/mol. The van der Waals surface area contributed by atoms with Gasteiger partial charge in [0, 0.05) is 10.0 Å². The number of allylic oxidation sites excluding steroid dienone is 1. The zero-order chi connectivity index (χ0) is 10.1. The van der Waals surface area contributed by atoms with E-state index in [0.29, 0.717) is 5.88 Å². The number of nitrogens with zero attached hydrogens (tertiary/aromatic N) is 1. The van der Waals surface area contributed by atoms with Crippen LogP contribution >= 0.6 is 22.6 Å². The number of aromatic nitrogens is 1. The van der Waals surface area contributed by atoms with Crippen LogP contribution in [0.4, 0.5) is 0 Å². The Bertz CT molecular complexity index is 368. The van der Waals surface area contributed by atoms with Crippen molar-refractivity contribution in [1.82, 2.24) is 5.16 Å². The summed E-state index contributed by atoms with van der Waals surface area (Å²) in [4.78, 5) is 0. The molecule has 1 aliphatic carbocycles. The van der Waals surface area contributed by atoms with Crippen LogP contribution in [-0.4, -0.2) is 11.3 Å². The van der Waals surface area contributed by atoms with Gasteiger partial charge in [-0.2, -0.15) is 0 Å². The third kappa shape index (κ3) is 1.80. The van der Waals surface area contributed by atoms with E-state index in [2.05, 4.69) is 33.8 Å². The highest BCUT2D eigenvalue weighted by Crippen LogP contribution is 2.37. The lowest BCUT2D eigenvalue weighted by Gasteiger charge is -2.10. The Kier molecular flexibility index (Phi) is 2.80. The average Bonchev–Trinajstić information content (AvgIpc) is 2.49. The molecule has 0 aliphatic heterocycles. The van der Waals surface area contributed by atoms with Crippen LogP contribution in [-0.2, 0) is 6.42 Å². The second-order valence-corrected chi connectivity index (χ2v) is 4.71. The smallest absolute Gasteiger partial charge is 0.263 e. The molecule has 0 atom stereocenters. The number of hydrogen-bond donors (Lipinski definition) is 0. The first-order valence-corrected chi connectivity index (χ1v) is 5.77. The average molecular weight is 305 g/mol. The highest BCUT2D eigenvalue weighted by molar-refractivity contribution is 14.1. The minimum absolute atomic E-state index is 0.135. The quantitative estimate of drug-likeness (QED) is 0.787. The van der Waals surface area contributed by atoms with E-state index >= 15 is 0 Å². The molecule has 1 aliphatic rings. The molecule has 0 fully saturated rings. The van der Waals surface area contributed by atoms with Crippen LogP contribution in [0.3, 0.4) is 0 Å². The fourth-order valence-electron chi connectivity index (χ4n) is 1.45. The second kappa shape index (κ2) is 3.92. The van der Waals surface area contributed by atoms with Gasteiger partial charge < -0.3 is 9.26 Å². The maximum absolute atomic E-state index is 5.57. The van der Waals surface area contributed by atoms with Crippen LogP contribution in [0.5, 0.6) is 5.88 Å². The molecule has 1 aromatic heterocycles. The summed E-state index contributed by atoms with van der Waals surface area (Å²) in [6.45, 7) is 3.97. The lowest BCUT2D eigenvalue weighted by atomic mass is 10.1. The van der Waals surface area contributed by atoms with Gasteiger partial charge in [-0.3, -0.25) is 0 Å². The maximum atomic E-state index is 5.57. The summed E-state index contributed by atoms with van der Waals surface area (Å²) in [6, 6.07) is 0. The van der Waals surface area contributed by atoms with Crippen LogP contribution in [0.2, 0.25) is 0 Å². The Hall–Kier alpha value is -0.520. The molecule has 1 heterocycles. The fraction of sp³-hybridized carbons (Fsp3) is 0.500. The first kappa shape index (κ1) is 10.0. The van der Waals surface area contributed by atoms with Crippen molar-refractivity contribution in [3.05, 3.63) is 17.4 Å². The minimum atomic E-state index is 0.135. The standard InChI is InChI=1S/C10H12INO2/c1-6(2)13-10-9-7(11)4-3-5-8(9)14-12-10/h4,6H,3,5H2,1-2H3. The molecule has 2 rings (SSSR count). The van der Waals surface area contributed by atoms with Crippen LogP contribution in [0.1, 0.15) is 31.6 Å². The first-order chi connectivity index (χ1) is 6.68. The van der Waals surface area contributed by atoms with Gasteiger partial charge in [0.2, 0.25) is 0 Å². The molecule has 0 N–H and O–H groups in total. The third-order valence-electron chi connectivity index (χ3n) is 2.01. The second-order valence-electron chi connectivity index (χ2n) is 3.54. The minimum Gasteiger partial charge on any atom is -0.472 e. The highest BCUT2D eigenvalue weighted by Gasteiger charge is 2.22. The van der Waals surface area contributed by atoms with Crippen LogP contribution in [0.25, 0.3) is 3.58 Å². The summed E-state index contributed by atoms with van der Waals surface area (Å²) >= 11 is 2.30. The maximum Gasteiger partial charge on any atom is 0.263 e. The van der Waals surface area contributed by atoms with Gasteiger partial charge in [0.25, 0.3) is 5.88 Å². The molecule has 76 valence electrons. The van der Waals surface area contributed by atoms with E-state index in [4.69, 9.17) is 9.26 Å². The SMILES string of the molecule is CC(C)Oc1noc2c1C(I)=CCC2. The molecule has 1 aromatic rings. The van der Waals surface area contributed by atoms with E-state index in [9.17, 15) is 0 Å². The Labute approximate surface area is 96.6 Å². The summed E-state index contributed by atoms with van der Waals surface area (Å²) in [5, 5.41) is 3.95. The number of aryl methyl sites for hydroxylation is 1. The van der Waals surface area contributed by atoms with E-state index < -0.39 is 0 Å². The van der Waals surface area contributed by atoms with Gasteiger partial charge in [0.1, 0.15) is 5.76 Å². The lowest BCUT2D eigenvalue weighted by molar-refractivity contribution is 0.216. The third-order valence-corrected chi connectivity index (χ3v) is 2.99. The van der Waals surface area contributed by atoms with Crippen LogP contribution in [0.15, 0.2) is 10.6 Å². The van der Waals surface area contributed by atoms with Crippen molar-refractivity contribution in [3.63, 3.8) is 0 Å². The van der Waals surface area contributed by atoms with Crippen molar-refractivity contribution in [1.29, 1.82) is 0 Å². The molecule has 0 spiro atoms. The normalized spacial score (nSPS) is 15.3. The van der Waals surface area contributed by atoms with Gasteiger partial charge in [0.05, 0.1) is 11.7 Å². The Morgan fingerprint density at radius 3 is 3.07 bits per heavy atom. The van der Waals surface area contributed by atoms with E-state index in [1.807, 2.05) is 13.8 Å². The van der Waals surface area contributed by atoms with Gasteiger partial charge in [-0.05, 0) is 48.0 Å². The number of fused-ring (bicyclic) bond motifs is 1. The van der Waals surface area contributed by atoms with Crippen molar-refractivity contribution in [2.75, 3.05) is 0 Å². The predicted octanol–water partition coefficient (Wildman–Crippen LogP) is 3.18. The van der Waals surface area contributed by atoms with Gasteiger partial charge in [-0.25, -0.2) is 0 Å². The van der Waals surface area contributed by atoms with Crippen LogP contribution in [0, 0.1) is 0 Å². The molecular formula is C10H12INO2. The van der Waals surface area contributed by atoms with Gasteiger partial charge in [0.15, 0.2) is 0 Å². The number of hydrogen-bond acceptors (Lipinski definition) is 3. The summed E-state index contributed by atoms with van der Waals surface area (Å²) in [5.74, 6) is 1.59. The van der Waals surface area contributed by atoms with Gasteiger partial charge in [-0.15, -0.1) is 0 Å². The van der Waals surface area contributed by atoms with Crippen LogP contribution < -0.4 is 4.74 Å². The summed E-state index contributed by atoms with van der Waals surface area (Å²) < 4.78 is 12.0. The van der Waals surface area contributed by atoms with Crippen molar-refractivity contribution >= 4 is 26.2 Å². The first-order valence-electron chi connectivity index (χ1n) is 4.69. The zero-order valence-corrected chi connectivity index (χ0v) is 10.4. The zero-order valence-electron chi connectivity index (χ0n) is 8.21. The lowest BCUT2D eigenvalue weighted by Crippen LogP contribution is -2.07. The topological polar surface area (TPSA) is 35.3 Å². The molecule has 0 aromatic carbocycles. The summed E-state index contributed by atoms with van der Waals surface area (Å²) in [7, 11) is 0. The van der Waals surface area contributed by atoms with Crippen molar-refractivity contribution in [3.8, 4) is 5.88 Å². The number of rotatable bonds is 2. The molecule has 0 saturated heterocycles. The monoisotopic (exact) mass is 305 g/mol. The molecule has 0 unspecified atom stereocenters. The molecule has 0 radical (unpaired) electrons. The molecule has 4 heteroatoms.